The van der Waals surface area contributed by atoms with Gasteiger partial charge in [-0.15, -0.1) is 0 Å². The molecule has 2 saturated carbocycles. The minimum atomic E-state index is 0.460. The van der Waals surface area contributed by atoms with Crippen LogP contribution in [0.15, 0.2) is 0 Å². The SMILES string of the molecule is CCCC1CC(CC2CC(CCC)C(N)C(CCC)C2)CC(CCC)C1N. The van der Waals surface area contributed by atoms with Gasteiger partial charge < -0.3 is 11.5 Å². The molecule has 0 saturated heterocycles. The third-order valence-electron chi connectivity index (χ3n) is 8.03. The molecule has 2 rings (SSSR count). The first-order valence-electron chi connectivity index (χ1n) is 12.5. The normalized spacial score (nSPS) is 40.2. The lowest BCUT2D eigenvalue weighted by Gasteiger charge is -2.45. The zero-order valence-corrected chi connectivity index (χ0v) is 19.0. The second-order valence-corrected chi connectivity index (χ2v) is 10.3. The summed E-state index contributed by atoms with van der Waals surface area (Å²) in [6, 6.07) is 0.920. The van der Waals surface area contributed by atoms with Gasteiger partial charge in [-0.25, -0.2) is 0 Å². The van der Waals surface area contributed by atoms with E-state index in [0.29, 0.717) is 12.1 Å². The topological polar surface area (TPSA) is 52.0 Å². The van der Waals surface area contributed by atoms with Gasteiger partial charge in [0.1, 0.15) is 0 Å². The number of rotatable bonds is 10. The maximum Gasteiger partial charge on any atom is 0.00958 e. The standard InChI is InChI=1S/C25H50N2/c1-5-9-20-14-18(15-21(10-6-2)24(20)26)13-19-16-22(11-7-3)25(27)23(17-19)12-8-4/h18-25H,5-17,26-27H2,1-4H3. The molecule has 0 aromatic rings. The first-order chi connectivity index (χ1) is 13.0. The highest BCUT2D eigenvalue weighted by Crippen LogP contribution is 2.45. The molecule has 2 aliphatic rings. The van der Waals surface area contributed by atoms with Crippen molar-refractivity contribution < 1.29 is 0 Å². The Labute approximate surface area is 170 Å². The molecule has 2 nitrogen and oxygen atoms in total. The highest BCUT2D eigenvalue weighted by molar-refractivity contribution is 4.93. The van der Waals surface area contributed by atoms with Gasteiger partial charge in [0.25, 0.3) is 0 Å². The molecule has 0 heterocycles. The minimum absolute atomic E-state index is 0.460. The Hall–Kier alpha value is -0.0800. The summed E-state index contributed by atoms with van der Waals surface area (Å²) in [6.07, 6.45) is 17.6. The summed E-state index contributed by atoms with van der Waals surface area (Å²) in [4.78, 5) is 0. The molecule has 0 radical (unpaired) electrons. The molecule has 2 aliphatic carbocycles. The van der Waals surface area contributed by atoms with Gasteiger partial charge in [-0.3, -0.25) is 0 Å². The van der Waals surface area contributed by atoms with Crippen molar-refractivity contribution >= 4 is 0 Å². The fourth-order valence-corrected chi connectivity index (χ4v) is 6.88. The van der Waals surface area contributed by atoms with Crippen molar-refractivity contribution in [1.29, 1.82) is 0 Å². The molecule has 4 unspecified atom stereocenters. The first-order valence-corrected chi connectivity index (χ1v) is 12.5. The van der Waals surface area contributed by atoms with Crippen LogP contribution in [0.2, 0.25) is 0 Å². The van der Waals surface area contributed by atoms with E-state index in [1.807, 2.05) is 0 Å². The van der Waals surface area contributed by atoms with Crippen LogP contribution in [0.3, 0.4) is 0 Å². The molecule has 0 aromatic carbocycles. The van der Waals surface area contributed by atoms with Crippen molar-refractivity contribution in [2.24, 2.45) is 47.0 Å². The second-order valence-electron chi connectivity index (χ2n) is 10.3. The van der Waals surface area contributed by atoms with Gasteiger partial charge in [-0.05, 0) is 93.3 Å². The van der Waals surface area contributed by atoms with Crippen LogP contribution in [0.4, 0.5) is 0 Å². The molecule has 0 aromatic heterocycles. The Bertz CT molecular complexity index is 328. The Balaban J connectivity index is 2.01. The minimum Gasteiger partial charge on any atom is -0.327 e. The van der Waals surface area contributed by atoms with Gasteiger partial charge in [0.2, 0.25) is 0 Å². The number of nitrogens with two attached hydrogens (primary N) is 2. The molecule has 2 fully saturated rings. The third-order valence-corrected chi connectivity index (χ3v) is 8.03. The monoisotopic (exact) mass is 378 g/mol. The Morgan fingerprint density at radius 3 is 1.00 bits per heavy atom. The van der Waals surface area contributed by atoms with Crippen LogP contribution in [0.5, 0.6) is 0 Å². The highest BCUT2D eigenvalue weighted by Gasteiger charge is 2.39. The predicted octanol–water partition coefficient (Wildman–Crippen LogP) is 6.52. The summed E-state index contributed by atoms with van der Waals surface area (Å²) in [7, 11) is 0. The maximum absolute atomic E-state index is 6.72. The zero-order chi connectivity index (χ0) is 19.8. The van der Waals surface area contributed by atoms with Crippen molar-refractivity contribution in [2.45, 2.75) is 123 Å². The quantitative estimate of drug-likeness (QED) is 0.455. The predicted molar refractivity (Wildman–Crippen MR) is 120 cm³/mol. The van der Waals surface area contributed by atoms with Gasteiger partial charge in [-0.2, -0.15) is 0 Å². The Morgan fingerprint density at radius 1 is 0.519 bits per heavy atom. The van der Waals surface area contributed by atoms with E-state index in [2.05, 4.69) is 27.7 Å². The van der Waals surface area contributed by atoms with Gasteiger partial charge in [0, 0.05) is 12.1 Å². The molecule has 0 bridgehead atoms. The molecule has 0 spiro atoms. The van der Waals surface area contributed by atoms with E-state index >= 15 is 0 Å². The van der Waals surface area contributed by atoms with Crippen molar-refractivity contribution in [2.75, 3.05) is 0 Å². The molecule has 160 valence electrons. The van der Waals surface area contributed by atoms with Crippen LogP contribution in [-0.2, 0) is 0 Å². The van der Waals surface area contributed by atoms with Crippen LogP contribution >= 0.6 is 0 Å². The van der Waals surface area contributed by atoms with Crippen molar-refractivity contribution in [1.82, 2.24) is 0 Å². The summed E-state index contributed by atoms with van der Waals surface area (Å²) in [5, 5.41) is 0. The molecule has 27 heavy (non-hydrogen) atoms. The molecular weight excluding hydrogens is 328 g/mol. The number of hydrogen-bond acceptors (Lipinski definition) is 2. The van der Waals surface area contributed by atoms with Crippen LogP contribution < -0.4 is 11.5 Å². The van der Waals surface area contributed by atoms with Gasteiger partial charge in [0.15, 0.2) is 0 Å². The Kier molecular flexibility index (Phi) is 10.1. The summed E-state index contributed by atoms with van der Waals surface area (Å²) >= 11 is 0. The van der Waals surface area contributed by atoms with Gasteiger partial charge in [-0.1, -0.05) is 53.4 Å². The third kappa shape index (κ3) is 6.46. The summed E-state index contributed by atoms with van der Waals surface area (Å²) < 4.78 is 0. The van der Waals surface area contributed by atoms with Crippen LogP contribution in [0.25, 0.3) is 0 Å². The molecule has 2 heteroatoms. The van der Waals surface area contributed by atoms with E-state index < -0.39 is 0 Å². The lowest BCUT2D eigenvalue weighted by Crippen LogP contribution is -2.46. The molecule has 0 aliphatic heterocycles. The van der Waals surface area contributed by atoms with Crippen LogP contribution in [0.1, 0.15) is 111 Å². The van der Waals surface area contributed by atoms with E-state index in [1.54, 1.807) is 0 Å². The number of hydrogen-bond donors (Lipinski definition) is 2. The van der Waals surface area contributed by atoms with Crippen LogP contribution in [-0.4, -0.2) is 12.1 Å². The summed E-state index contributed by atoms with van der Waals surface area (Å²) in [5.74, 6) is 4.93. The Morgan fingerprint density at radius 2 is 0.778 bits per heavy atom. The van der Waals surface area contributed by atoms with E-state index in [9.17, 15) is 0 Å². The molecular formula is C25H50N2. The summed E-state index contributed by atoms with van der Waals surface area (Å²) in [6.45, 7) is 9.33. The average Bonchev–Trinajstić information content (AvgIpc) is 2.63. The smallest absolute Gasteiger partial charge is 0.00958 e. The largest absolute Gasteiger partial charge is 0.327 e. The van der Waals surface area contributed by atoms with Crippen molar-refractivity contribution in [3.8, 4) is 0 Å². The van der Waals surface area contributed by atoms with Crippen LogP contribution in [0, 0.1) is 35.5 Å². The molecule has 4 atom stereocenters. The van der Waals surface area contributed by atoms with Gasteiger partial charge >= 0.3 is 0 Å². The lowest BCUT2D eigenvalue weighted by atomic mass is 9.63. The highest BCUT2D eigenvalue weighted by atomic mass is 14.7. The average molecular weight is 379 g/mol. The van der Waals surface area contributed by atoms with E-state index in [0.717, 1.165) is 35.5 Å². The summed E-state index contributed by atoms with van der Waals surface area (Å²) in [5.41, 5.74) is 13.4. The molecule has 0 amide bonds. The van der Waals surface area contributed by atoms with Crippen molar-refractivity contribution in [3.63, 3.8) is 0 Å². The fraction of sp³-hybridized carbons (Fsp3) is 1.00. The van der Waals surface area contributed by atoms with E-state index in [4.69, 9.17) is 11.5 Å². The van der Waals surface area contributed by atoms with Gasteiger partial charge in [0.05, 0.1) is 0 Å². The second kappa shape index (κ2) is 11.8. The van der Waals surface area contributed by atoms with E-state index in [-0.39, 0.29) is 0 Å². The first kappa shape index (κ1) is 23.2. The zero-order valence-electron chi connectivity index (χ0n) is 19.0. The maximum atomic E-state index is 6.72. The fourth-order valence-electron chi connectivity index (χ4n) is 6.88. The molecule has 4 N–H and O–H groups in total. The lowest BCUT2D eigenvalue weighted by molar-refractivity contribution is 0.0880. The van der Waals surface area contributed by atoms with Crippen molar-refractivity contribution in [3.05, 3.63) is 0 Å². The van der Waals surface area contributed by atoms with E-state index in [1.165, 1.54) is 83.5 Å².